The average molecular weight is 414 g/mol. The molecular weight excluding hydrogens is 386 g/mol. The lowest BCUT2D eigenvalue weighted by Gasteiger charge is -2.45. The quantitative estimate of drug-likeness (QED) is 0.249. The van der Waals surface area contributed by atoms with Crippen LogP contribution in [0.25, 0.3) is 10.4 Å². The van der Waals surface area contributed by atoms with Gasteiger partial charge in [-0.2, -0.15) is 0 Å². The predicted octanol–water partition coefficient (Wildman–Crippen LogP) is 2.67. The predicted molar refractivity (Wildman–Crippen MR) is 113 cm³/mol. The molecule has 154 valence electrons. The van der Waals surface area contributed by atoms with Gasteiger partial charge in [-0.25, -0.2) is 0 Å². The maximum atomic E-state index is 11.1. The maximum absolute atomic E-state index is 11.1. The van der Waals surface area contributed by atoms with Crippen LogP contribution < -0.4 is 10.4 Å². The molecule has 1 aliphatic heterocycles. The minimum atomic E-state index is -3.00. The number of azide groups is 1. The van der Waals surface area contributed by atoms with Gasteiger partial charge in [-0.1, -0.05) is 86.5 Å². The highest BCUT2D eigenvalue weighted by molar-refractivity contribution is 6.99. The fourth-order valence-corrected chi connectivity index (χ4v) is 8.56. The molecule has 1 heterocycles. The van der Waals surface area contributed by atoms with E-state index in [-0.39, 0.29) is 11.5 Å². The van der Waals surface area contributed by atoms with E-state index in [1.807, 2.05) is 60.7 Å². The van der Waals surface area contributed by atoms with Gasteiger partial charge in [-0.3, -0.25) is 0 Å². The standard InChI is InChI=1S/C21H27N3O4Si/c1-21(2,3)29(15-10-6-4-7-11-15,16-12-8-5-9-13-16)28-20(26)19-17(23-24-22)14-18(25)27-19/h4-13,17-20,25-26H,14H2,1-3H3/t17-,18-,19-,20?/m0/s1. The van der Waals surface area contributed by atoms with Crippen LogP contribution in [-0.4, -0.2) is 43.3 Å². The Balaban J connectivity index is 2.10. The van der Waals surface area contributed by atoms with Crippen LogP contribution in [0, 0.1) is 0 Å². The number of aliphatic hydroxyl groups is 2. The first-order valence-corrected chi connectivity index (χ1v) is 11.5. The van der Waals surface area contributed by atoms with Crippen molar-refractivity contribution in [3.05, 3.63) is 71.1 Å². The molecule has 3 rings (SSSR count). The Morgan fingerprint density at radius 1 is 1.10 bits per heavy atom. The molecule has 0 amide bonds. The number of hydrogen-bond acceptors (Lipinski definition) is 5. The third-order valence-corrected chi connectivity index (χ3v) is 10.3. The molecule has 2 aromatic carbocycles. The summed E-state index contributed by atoms with van der Waals surface area (Å²) < 4.78 is 12.0. The first-order valence-electron chi connectivity index (χ1n) is 9.64. The smallest absolute Gasteiger partial charge is 0.264 e. The second kappa shape index (κ2) is 8.67. The van der Waals surface area contributed by atoms with Crippen molar-refractivity contribution in [1.29, 1.82) is 0 Å². The van der Waals surface area contributed by atoms with E-state index in [0.717, 1.165) is 10.4 Å². The fraction of sp³-hybridized carbons (Fsp3) is 0.429. The molecule has 0 spiro atoms. The van der Waals surface area contributed by atoms with Crippen molar-refractivity contribution in [3.8, 4) is 0 Å². The molecule has 2 aromatic rings. The van der Waals surface area contributed by atoms with Crippen molar-refractivity contribution < 1.29 is 19.4 Å². The number of hydrogen-bond donors (Lipinski definition) is 2. The summed E-state index contributed by atoms with van der Waals surface area (Å²) in [5.41, 5.74) is 8.84. The van der Waals surface area contributed by atoms with E-state index in [0.29, 0.717) is 0 Å². The summed E-state index contributed by atoms with van der Waals surface area (Å²) >= 11 is 0. The molecule has 29 heavy (non-hydrogen) atoms. The highest BCUT2D eigenvalue weighted by Crippen LogP contribution is 2.38. The number of rotatable bonds is 6. The van der Waals surface area contributed by atoms with Crippen LogP contribution in [0.15, 0.2) is 65.8 Å². The van der Waals surface area contributed by atoms with Crippen LogP contribution in [0.2, 0.25) is 5.04 Å². The van der Waals surface area contributed by atoms with Crippen molar-refractivity contribution in [2.24, 2.45) is 5.11 Å². The zero-order valence-electron chi connectivity index (χ0n) is 16.8. The summed E-state index contributed by atoms with van der Waals surface area (Å²) in [4.78, 5) is 2.82. The zero-order valence-corrected chi connectivity index (χ0v) is 17.8. The van der Waals surface area contributed by atoms with Crippen molar-refractivity contribution in [1.82, 2.24) is 0 Å². The van der Waals surface area contributed by atoms with Gasteiger partial charge in [0.2, 0.25) is 0 Å². The Labute approximate surface area is 171 Å². The normalized spacial score (nSPS) is 23.4. The summed E-state index contributed by atoms with van der Waals surface area (Å²) in [6, 6.07) is 19.1. The largest absolute Gasteiger partial charge is 0.381 e. The van der Waals surface area contributed by atoms with E-state index in [9.17, 15) is 10.2 Å². The summed E-state index contributed by atoms with van der Waals surface area (Å²) in [6.07, 6.45) is -3.29. The molecule has 1 saturated heterocycles. The molecule has 8 heteroatoms. The molecule has 0 bridgehead atoms. The van der Waals surface area contributed by atoms with E-state index < -0.39 is 33.0 Å². The van der Waals surface area contributed by atoms with Crippen molar-refractivity contribution in [3.63, 3.8) is 0 Å². The lowest BCUT2D eigenvalue weighted by Crippen LogP contribution is -2.68. The van der Waals surface area contributed by atoms with Crippen LogP contribution in [-0.2, 0) is 9.16 Å². The SMILES string of the molecule is CC(C)(C)[Si](OC(O)[C@H]1O[C@H](O)C[C@@H]1N=[N+]=[N-])(c1ccccc1)c1ccccc1. The summed E-state index contributed by atoms with van der Waals surface area (Å²) in [6.45, 7) is 6.30. The van der Waals surface area contributed by atoms with Crippen LogP contribution in [0.3, 0.4) is 0 Å². The third-order valence-electron chi connectivity index (χ3n) is 5.33. The summed E-state index contributed by atoms with van der Waals surface area (Å²) in [5.74, 6) is 0. The lowest BCUT2D eigenvalue weighted by molar-refractivity contribution is -0.171. The van der Waals surface area contributed by atoms with Crippen molar-refractivity contribution in [2.45, 2.75) is 57.0 Å². The lowest BCUT2D eigenvalue weighted by atomic mass is 10.1. The average Bonchev–Trinajstić information content (AvgIpc) is 3.07. The molecule has 0 aromatic heterocycles. The molecule has 0 radical (unpaired) electrons. The highest BCUT2D eigenvalue weighted by atomic mass is 28.4. The number of nitrogens with zero attached hydrogens (tertiary/aromatic N) is 3. The molecule has 2 N–H and O–H groups in total. The van der Waals surface area contributed by atoms with Gasteiger partial charge < -0.3 is 19.4 Å². The van der Waals surface area contributed by atoms with Gasteiger partial charge in [0, 0.05) is 11.3 Å². The van der Waals surface area contributed by atoms with Crippen LogP contribution >= 0.6 is 0 Å². The Bertz CT molecular complexity index is 814. The Morgan fingerprint density at radius 2 is 1.62 bits per heavy atom. The molecular formula is C21H27N3O4Si. The number of aliphatic hydroxyl groups excluding tert-OH is 2. The van der Waals surface area contributed by atoms with Crippen LogP contribution in [0.5, 0.6) is 0 Å². The van der Waals surface area contributed by atoms with Gasteiger partial charge >= 0.3 is 0 Å². The van der Waals surface area contributed by atoms with Gasteiger partial charge in [0.25, 0.3) is 8.32 Å². The molecule has 1 unspecified atom stereocenters. The second-order valence-corrected chi connectivity index (χ2v) is 12.5. The Morgan fingerprint density at radius 3 is 2.07 bits per heavy atom. The second-order valence-electron chi connectivity index (χ2n) is 8.23. The highest BCUT2D eigenvalue weighted by Gasteiger charge is 2.53. The molecule has 0 aliphatic carbocycles. The van der Waals surface area contributed by atoms with E-state index in [1.54, 1.807) is 0 Å². The van der Waals surface area contributed by atoms with E-state index >= 15 is 0 Å². The van der Waals surface area contributed by atoms with Gasteiger partial charge in [0.05, 0.1) is 6.04 Å². The number of benzene rings is 2. The monoisotopic (exact) mass is 413 g/mol. The van der Waals surface area contributed by atoms with Gasteiger partial charge in [-0.15, -0.1) is 0 Å². The van der Waals surface area contributed by atoms with E-state index in [4.69, 9.17) is 14.7 Å². The van der Waals surface area contributed by atoms with Gasteiger partial charge in [0.15, 0.2) is 12.6 Å². The van der Waals surface area contributed by atoms with Gasteiger partial charge in [0.1, 0.15) is 6.10 Å². The van der Waals surface area contributed by atoms with Crippen molar-refractivity contribution >= 4 is 18.7 Å². The first-order chi connectivity index (χ1) is 13.8. The van der Waals surface area contributed by atoms with E-state index in [2.05, 4.69) is 30.8 Å². The summed E-state index contributed by atoms with van der Waals surface area (Å²) in [7, 11) is -3.00. The molecule has 1 fully saturated rings. The zero-order chi connectivity index (χ0) is 21.1. The third kappa shape index (κ3) is 4.23. The fourth-order valence-electron chi connectivity index (χ4n) is 4.04. The number of ether oxygens (including phenoxy) is 1. The van der Waals surface area contributed by atoms with Crippen LogP contribution in [0.4, 0.5) is 0 Å². The topological polar surface area (TPSA) is 108 Å². The van der Waals surface area contributed by atoms with Crippen molar-refractivity contribution in [2.75, 3.05) is 0 Å². The van der Waals surface area contributed by atoms with Gasteiger partial charge in [-0.05, 0) is 20.9 Å². The maximum Gasteiger partial charge on any atom is 0.264 e. The molecule has 0 saturated carbocycles. The molecule has 1 aliphatic rings. The minimum absolute atomic E-state index is 0.121. The Hall–Kier alpha value is -2.19. The minimum Gasteiger partial charge on any atom is -0.381 e. The Kier molecular flexibility index (Phi) is 6.43. The van der Waals surface area contributed by atoms with Crippen LogP contribution in [0.1, 0.15) is 27.2 Å². The van der Waals surface area contributed by atoms with E-state index in [1.165, 1.54) is 0 Å². The molecule has 7 nitrogen and oxygen atoms in total. The molecule has 4 atom stereocenters. The summed E-state index contributed by atoms with van der Waals surface area (Å²) in [5, 5.41) is 26.3. The first kappa shape index (κ1) is 21.5.